The Bertz CT molecular complexity index is 2180. The Hall–Kier alpha value is -6.10. The normalized spacial score (nSPS) is 16.9. The molecule has 6 aromatic carbocycles. The molecular formula is C50H51N3O6. The van der Waals surface area contributed by atoms with Gasteiger partial charge in [0.1, 0.15) is 6.04 Å². The predicted octanol–water partition coefficient (Wildman–Crippen LogP) is 8.68. The second-order valence-corrected chi connectivity index (χ2v) is 14.9. The number of hydrogen-bond donors (Lipinski definition) is 3. The van der Waals surface area contributed by atoms with Gasteiger partial charge in [0.15, 0.2) is 6.29 Å². The van der Waals surface area contributed by atoms with Gasteiger partial charge in [0.2, 0.25) is 0 Å². The molecule has 7 rings (SSSR count). The van der Waals surface area contributed by atoms with Crippen LogP contribution in [0.1, 0.15) is 57.8 Å². The number of esters is 1. The molecule has 9 nitrogen and oxygen atoms in total. The predicted molar refractivity (Wildman–Crippen MR) is 229 cm³/mol. The number of rotatable bonds is 16. The van der Waals surface area contributed by atoms with Crippen LogP contribution in [0.2, 0.25) is 0 Å². The summed E-state index contributed by atoms with van der Waals surface area (Å²) in [6, 6.07) is 53.3. The number of nitrogens with zero attached hydrogens (tertiary/aromatic N) is 1. The number of methoxy groups -OCH3 is 1. The van der Waals surface area contributed by atoms with E-state index in [0.717, 1.165) is 52.0 Å². The highest BCUT2D eigenvalue weighted by atomic mass is 16.7. The van der Waals surface area contributed by atoms with Gasteiger partial charge in [0.25, 0.3) is 0 Å². The fourth-order valence-corrected chi connectivity index (χ4v) is 7.54. The molecule has 6 aromatic rings. The lowest BCUT2D eigenvalue weighted by Gasteiger charge is -2.38. The molecule has 0 radical (unpaired) electrons. The summed E-state index contributed by atoms with van der Waals surface area (Å²) in [5, 5.41) is 15.4. The Balaban J connectivity index is 1.07. The quantitative estimate of drug-likeness (QED) is 0.0843. The number of nitrogens with one attached hydrogen (secondary N) is 2. The first kappa shape index (κ1) is 41.1. The van der Waals surface area contributed by atoms with Crippen molar-refractivity contribution in [3.8, 4) is 11.1 Å². The number of carbonyl (C=O) groups is 2. The van der Waals surface area contributed by atoms with Crippen molar-refractivity contribution in [2.24, 2.45) is 0 Å². The summed E-state index contributed by atoms with van der Waals surface area (Å²) >= 11 is 0. The minimum absolute atomic E-state index is 0.0164. The van der Waals surface area contributed by atoms with Gasteiger partial charge in [0, 0.05) is 44.6 Å². The second kappa shape index (κ2) is 20.5. The molecule has 0 unspecified atom stereocenters. The average Bonchev–Trinajstić information content (AvgIpc) is 3.29. The van der Waals surface area contributed by atoms with Crippen molar-refractivity contribution < 1.29 is 28.9 Å². The number of aliphatic hydroxyl groups is 1. The van der Waals surface area contributed by atoms with E-state index in [-0.39, 0.29) is 25.4 Å². The molecule has 1 aliphatic rings. The lowest BCUT2D eigenvalue weighted by atomic mass is 9.97. The summed E-state index contributed by atoms with van der Waals surface area (Å²) in [6.07, 6.45) is 0.0295. The lowest BCUT2D eigenvalue weighted by Crippen LogP contribution is -2.47. The van der Waals surface area contributed by atoms with Crippen LogP contribution in [-0.4, -0.2) is 47.8 Å². The zero-order valence-electron chi connectivity index (χ0n) is 33.3. The largest absolute Gasteiger partial charge is 0.467 e. The molecule has 9 heteroatoms. The topological polar surface area (TPSA) is 109 Å². The van der Waals surface area contributed by atoms with Gasteiger partial charge in [-0.15, -0.1) is 0 Å². The van der Waals surface area contributed by atoms with Crippen molar-refractivity contribution in [1.82, 2.24) is 15.5 Å². The maximum atomic E-state index is 13.1. The van der Waals surface area contributed by atoms with Crippen LogP contribution in [0.3, 0.4) is 0 Å². The number of amides is 2. The van der Waals surface area contributed by atoms with Crippen LogP contribution < -0.4 is 10.6 Å². The third kappa shape index (κ3) is 11.5. The van der Waals surface area contributed by atoms with Gasteiger partial charge >= 0.3 is 12.0 Å². The van der Waals surface area contributed by atoms with Gasteiger partial charge in [-0.25, -0.2) is 9.59 Å². The molecule has 1 aliphatic heterocycles. The van der Waals surface area contributed by atoms with E-state index < -0.39 is 24.3 Å². The molecule has 2 amide bonds. The van der Waals surface area contributed by atoms with Crippen molar-refractivity contribution in [2.45, 2.75) is 63.6 Å². The number of hydrogen-bond acceptors (Lipinski definition) is 7. The first-order chi connectivity index (χ1) is 28.9. The molecule has 0 saturated carbocycles. The number of aliphatic hydroxyl groups excluding tert-OH is 1. The Morgan fingerprint density at radius 2 is 1.27 bits per heavy atom. The van der Waals surface area contributed by atoms with Crippen molar-refractivity contribution >= 4 is 12.0 Å². The zero-order chi connectivity index (χ0) is 40.8. The summed E-state index contributed by atoms with van der Waals surface area (Å²) in [5.74, 6) is -0.510. The Labute approximate surface area is 346 Å². The highest BCUT2D eigenvalue weighted by Gasteiger charge is 2.33. The molecule has 1 fully saturated rings. The summed E-state index contributed by atoms with van der Waals surface area (Å²) in [5.41, 5.74) is 9.05. The van der Waals surface area contributed by atoms with Gasteiger partial charge in [-0.1, -0.05) is 164 Å². The van der Waals surface area contributed by atoms with E-state index in [2.05, 4.69) is 76.2 Å². The molecular weight excluding hydrogens is 739 g/mol. The molecule has 1 heterocycles. The minimum Gasteiger partial charge on any atom is -0.467 e. The standard InChI is InChI=1S/C50H51N3O6/c1-57-48(55)46(29-36-13-5-2-6-14-36)52-50(56)51-31-43-19-11-12-20-45(43)40-25-27-42(28-26-40)49-58-44(30-47(59-49)41-23-21-39(35-54)22-24-41)34-53(32-37-15-7-3-8-16-37)33-38-17-9-4-10-18-38/h2-28,44,46-47,49,54H,29-35H2,1H3,(H2,51,52,56)/t44-,46-,47+,49+/m0/s1. The number of ether oxygens (including phenoxy) is 3. The van der Waals surface area contributed by atoms with E-state index in [4.69, 9.17) is 14.2 Å². The fraction of sp³-hybridized carbons (Fsp3) is 0.240. The van der Waals surface area contributed by atoms with Crippen LogP contribution >= 0.6 is 0 Å². The Morgan fingerprint density at radius 3 is 1.88 bits per heavy atom. The van der Waals surface area contributed by atoms with Crippen LogP contribution in [0.15, 0.2) is 164 Å². The van der Waals surface area contributed by atoms with Crippen LogP contribution in [0.25, 0.3) is 11.1 Å². The van der Waals surface area contributed by atoms with Crippen LogP contribution in [-0.2, 0) is 51.7 Å². The van der Waals surface area contributed by atoms with Gasteiger partial charge in [-0.05, 0) is 44.5 Å². The third-order valence-corrected chi connectivity index (χ3v) is 10.6. The third-order valence-electron chi connectivity index (χ3n) is 10.6. The Morgan fingerprint density at radius 1 is 0.695 bits per heavy atom. The minimum atomic E-state index is -0.829. The van der Waals surface area contributed by atoms with Crippen molar-refractivity contribution in [1.29, 1.82) is 0 Å². The SMILES string of the molecule is COC(=O)[C@H](Cc1ccccc1)NC(=O)NCc1ccccc1-c1ccc([C@@H]2O[C@H](CN(Cc3ccccc3)Cc3ccccc3)C[C@H](c3ccc(CO)cc3)O2)cc1. The molecule has 0 aliphatic carbocycles. The van der Waals surface area contributed by atoms with Crippen molar-refractivity contribution in [3.05, 3.63) is 203 Å². The van der Waals surface area contributed by atoms with Gasteiger partial charge in [0.05, 0.1) is 25.9 Å². The molecule has 59 heavy (non-hydrogen) atoms. The fourth-order valence-electron chi connectivity index (χ4n) is 7.54. The van der Waals surface area contributed by atoms with Gasteiger partial charge in [-0.2, -0.15) is 0 Å². The van der Waals surface area contributed by atoms with Crippen LogP contribution in [0, 0.1) is 0 Å². The summed E-state index contributed by atoms with van der Waals surface area (Å²) < 4.78 is 18.5. The van der Waals surface area contributed by atoms with Gasteiger partial charge in [-0.3, -0.25) is 4.90 Å². The van der Waals surface area contributed by atoms with E-state index in [1.54, 1.807) is 0 Å². The lowest BCUT2D eigenvalue weighted by molar-refractivity contribution is -0.253. The maximum absolute atomic E-state index is 13.1. The highest BCUT2D eigenvalue weighted by Crippen LogP contribution is 2.39. The van der Waals surface area contributed by atoms with E-state index in [1.807, 2.05) is 103 Å². The van der Waals surface area contributed by atoms with Crippen molar-refractivity contribution in [2.75, 3.05) is 13.7 Å². The molecule has 3 N–H and O–H groups in total. The number of benzene rings is 6. The summed E-state index contributed by atoms with van der Waals surface area (Å²) in [7, 11) is 1.32. The van der Waals surface area contributed by atoms with E-state index in [0.29, 0.717) is 19.4 Å². The monoisotopic (exact) mass is 789 g/mol. The molecule has 4 atom stereocenters. The van der Waals surface area contributed by atoms with E-state index in [9.17, 15) is 14.7 Å². The summed E-state index contributed by atoms with van der Waals surface area (Å²) in [4.78, 5) is 28.0. The maximum Gasteiger partial charge on any atom is 0.328 e. The molecule has 0 spiro atoms. The smallest absolute Gasteiger partial charge is 0.328 e. The van der Waals surface area contributed by atoms with Crippen LogP contribution in [0.5, 0.6) is 0 Å². The molecule has 0 bridgehead atoms. The first-order valence-corrected chi connectivity index (χ1v) is 20.1. The second-order valence-electron chi connectivity index (χ2n) is 14.9. The molecule has 1 saturated heterocycles. The van der Waals surface area contributed by atoms with Crippen molar-refractivity contribution in [3.63, 3.8) is 0 Å². The van der Waals surface area contributed by atoms with Crippen LogP contribution in [0.4, 0.5) is 4.79 Å². The number of carbonyl (C=O) groups excluding carboxylic acids is 2. The van der Waals surface area contributed by atoms with Gasteiger partial charge < -0.3 is 30.0 Å². The zero-order valence-corrected chi connectivity index (χ0v) is 33.3. The Kier molecular flexibility index (Phi) is 14.3. The molecule has 0 aromatic heterocycles. The number of urea groups is 1. The summed E-state index contributed by atoms with van der Waals surface area (Å²) in [6.45, 7) is 2.49. The van der Waals surface area contributed by atoms with E-state index in [1.165, 1.54) is 18.2 Å². The average molecular weight is 790 g/mol. The van der Waals surface area contributed by atoms with E-state index >= 15 is 0 Å². The molecule has 302 valence electrons. The highest BCUT2D eigenvalue weighted by molar-refractivity contribution is 5.84. The first-order valence-electron chi connectivity index (χ1n) is 20.1.